The van der Waals surface area contributed by atoms with Gasteiger partial charge in [-0.3, -0.25) is 0 Å². The van der Waals surface area contributed by atoms with Gasteiger partial charge < -0.3 is 20.1 Å². The van der Waals surface area contributed by atoms with Gasteiger partial charge in [0.25, 0.3) is 0 Å². The first kappa shape index (κ1) is 15.2. The first-order valence-corrected chi connectivity index (χ1v) is 7.69. The Hall–Kier alpha value is -0.860. The van der Waals surface area contributed by atoms with Gasteiger partial charge in [-0.25, -0.2) is 0 Å². The van der Waals surface area contributed by atoms with E-state index in [-0.39, 0.29) is 5.75 Å². The van der Waals surface area contributed by atoms with Crippen molar-refractivity contribution >= 4 is 34.2 Å². The van der Waals surface area contributed by atoms with E-state index in [9.17, 15) is 9.90 Å². The molecular formula is C10H18N4O2S2. The van der Waals surface area contributed by atoms with Gasteiger partial charge in [0.15, 0.2) is 4.34 Å². The number of carbonyl (C=O) groups excluding carboxylic acids is 1. The second-order valence-electron chi connectivity index (χ2n) is 3.67. The highest BCUT2D eigenvalue weighted by Gasteiger charge is 2.06. The number of hydrogen-bond acceptors (Lipinski definition) is 7. The number of rotatable bonds is 9. The molecule has 1 heterocycles. The molecule has 2 N–H and O–H groups in total. The van der Waals surface area contributed by atoms with E-state index in [1.165, 1.54) is 16.2 Å². The topological polar surface area (TPSA) is 82.4 Å². The van der Waals surface area contributed by atoms with Gasteiger partial charge in [-0.05, 0) is 13.8 Å². The molecule has 0 aromatic carbocycles. The lowest BCUT2D eigenvalue weighted by Crippen LogP contribution is -3.12. The summed E-state index contributed by atoms with van der Waals surface area (Å²) in [6.07, 6.45) is 0. The fourth-order valence-corrected chi connectivity index (χ4v) is 2.90. The van der Waals surface area contributed by atoms with E-state index in [2.05, 4.69) is 29.4 Å². The van der Waals surface area contributed by atoms with Crippen LogP contribution in [0.2, 0.25) is 0 Å². The minimum atomic E-state index is -1.09. The van der Waals surface area contributed by atoms with Crippen molar-refractivity contribution in [2.45, 2.75) is 18.2 Å². The summed E-state index contributed by atoms with van der Waals surface area (Å²) >= 11 is 2.51. The van der Waals surface area contributed by atoms with Crippen LogP contribution in [-0.2, 0) is 4.79 Å². The zero-order valence-electron chi connectivity index (χ0n) is 10.6. The molecule has 0 radical (unpaired) electrons. The monoisotopic (exact) mass is 290 g/mol. The highest BCUT2D eigenvalue weighted by molar-refractivity contribution is 8.01. The van der Waals surface area contributed by atoms with E-state index in [1.54, 1.807) is 0 Å². The van der Waals surface area contributed by atoms with E-state index < -0.39 is 5.97 Å². The number of anilines is 1. The lowest BCUT2D eigenvalue weighted by Gasteiger charge is -2.14. The number of quaternary nitrogens is 1. The first-order valence-electron chi connectivity index (χ1n) is 5.89. The van der Waals surface area contributed by atoms with Crippen molar-refractivity contribution in [3.8, 4) is 0 Å². The van der Waals surface area contributed by atoms with E-state index in [0.717, 1.165) is 43.1 Å². The summed E-state index contributed by atoms with van der Waals surface area (Å²) in [6, 6.07) is 0. The summed E-state index contributed by atoms with van der Waals surface area (Å²) in [4.78, 5) is 11.8. The van der Waals surface area contributed by atoms with Crippen LogP contribution in [0.1, 0.15) is 13.8 Å². The molecule has 0 aliphatic heterocycles. The Bertz CT molecular complexity index is 369. The molecule has 0 bridgehead atoms. The van der Waals surface area contributed by atoms with Crippen LogP contribution in [0.15, 0.2) is 4.34 Å². The Balaban J connectivity index is 2.28. The third-order valence-corrected chi connectivity index (χ3v) is 4.46. The maximum atomic E-state index is 10.3. The van der Waals surface area contributed by atoms with Gasteiger partial charge in [0.05, 0.1) is 32.1 Å². The van der Waals surface area contributed by atoms with Crippen molar-refractivity contribution in [2.75, 3.05) is 37.2 Å². The summed E-state index contributed by atoms with van der Waals surface area (Å²) in [5, 5.41) is 22.1. The molecular weight excluding hydrogens is 272 g/mol. The van der Waals surface area contributed by atoms with Gasteiger partial charge in [0.2, 0.25) is 5.13 Å². The third kappa shape index (κ3) is 5.65. The molecule has 6 nitrogen and oxygen atoms in total. The molecule has 8 heteroatoms. The molecule has 0 saturated carbocycles. The number of aliphatic carboxylic acids is 1. The molecule has 0 amide bonds. The molecule has 102 valence electrons. The summed E-state index contributed by atoms with van der Waals surface area (Å²) in [5.74, 6) is -1.17. The minimum absolute atomic E-state index is 0.0851. The zero-order chi connectivity index (χ0) is 13.4. The SMILES string of the molecule is CC[NH+](CC)CCNc1nnc(SCC(=O)[O-])s1. The van der Waals surface area contributed by atoms with Gasteiger partial charge in [-0.1, -0.05) is 23.1 Å². The average Bonchev–Trinajstić information content (AvgIpc) is 2.80. The molecule has 0 unspecified atom stereocenters. The molecule has 0 fully saturated rings. The number of aromatic nitrogens is 2. The zero-order valence-corrected chi connectivity index (χ0v) is 12.2. The quantitative estimate of drug-likeness (QED) is 0.551. The number of carboxylic acids is 1. The molecule has 0 atom stereocenters. The molecule has 0 spiro atoms. The van der Waals surface area contributed by atoms with Crippen LogP contribution < -0.4 is 15.3 Å². The van der Waals surface area contributed by atoms with Crippen LogP contribution >= 0.6 is 23.1 Å². The average molecular weight is 290 g/mol. The van der Waals surface area contributed by atoms with Crippen molar-refractivity contribution in [1.82, 2.24) is 10.2 Å². The minimum Gasteiger partial charge on any atom is -0.549 e. The Morgan fingerprint density at radius 1 is 1.44 bits per heavy atom. The molecule has 0 aliphatic rings. The van der Waals surface area contributed by atoms with E-state index in [0.29, 0.717) is 4.34 Å². The maximum absolute atomic E-state index is 10.3. The van der Waals surface area contributed by atoms with Crippen molar-refractivity contribution < 1.29 is 14.8 Å². The Kier molecular flexibility index (Phi) is 6.99. The summed E-state index contributed by atoms with van der Waals surface area (Å²) in [5.41, 5.74) is 0. The largest absolute Gasteiger partial charge is 0.549 e. The standard InChI is InChI=1S/C10H18N4O2S2/c1-3-14(4-2)6-5-11-9-12-13-10(18-9)17-7-8(15)16/h3-7H2,1-2H3,(H,11,12)(H,15,16). The number of carboxylic acid groups (broad SMARTS) is 1. The summed E-state index contributed by atoms with van der Waals surface area (Å²) in [7, 11) is 0. The molecule has 1 aromatic heterocycles. The van der Waals surface area contributed by atoms with Crippen molar-refractivity contribution in [1.29, 1.82) is 0 Å². The van der Waals surface area contributed by atoms with Crippen LogP contribution in [-0.4, -0.2) is 48.1 Å². The van der Waals surface area contributed by atoms with Crippen molar-refractivity contribution in [3.05, 3.63) is 0 Å². The van der Waals surface area contributed by atoms with E-state index >= 15 is 0 Å². The molecule has 1 aromatic rings. The fourth-order valence-electron chi connectivity index (χ4n) is 1.41. The first-order chi connectivity index (χ1) is 8.65. The van der Waals surface area contributed by atoms with Crippen molar-refractivity contribution in [2.24, 2.45) is 0 Å². The number of carbonyl (C=O) groups is 1. The predicted octanol–water partition coefficient (Wildman–Crippen LogP) is -1.28. The van der Waals surface area contributed by atoms with Crippen LogP contribution in [0.5, 0.6) is 0 Å². The van der Waals surface area contributed by atoms with Crippen LogP contribution in [0.3, 0.4) is 0 Å². The highest BCUT2D eigenvalue weighted by atomic mass is 32.2. The number of nitrogens with zero attached hydrogens (tertiary/aromatic N) is 2. The Morgan fingerprint density at radius 2 is 2.17 bits per heavy atom. The maximum Gasteiger partial charge on any atom is 0.206 e. The number of hydrogen-bond donors (Lipinski definition) is 2. The second-order valence-corrected chi connectivity index (χ2v) is 5.87. The van der Waals surface area contributed by atoms with Crippen molar-refractivity contribution in [3.63, 3.8) is 0 Å². The molecule has 18 heavy (non-hydrogen) atoms. The molecule has 0 aliphatic carbocycles. The number of thioether (sulfide) groups is 1. The number of nitrogens with one attached hydrogen (secondary N) is 2. The summed E-state index contributed by atoms with van der Waals surface area (Å²) in [6.45, 7) is 8.43. The number of likely N-dealkylation sites (N-methyl/N-ethyl adjacent to an activating group) is 1. The van der Waals surface area contributed by atoms with Crippen LogP contribution in [0.25, 0.3) is 0 Å². The smallest absolute Gasteiger partial charge is 0.206 e. The predicted molar refractivity (Wildman–Crippen MR) is 71.0 cm³/mol. The van der Waals surface area contributed by atoms with Crippen LogP contribution in [0, 0.1) is 0 Å². The Labute approximate surface area is 115 Å². The molecule has 1 rings (SSSR count). The van der Waals surface area contributed by atoms with Gasteiger partial charge in [0.1, 0.15) is 0 Å². The second kappa shape index (κ2) is 8.28. The highest BCUT2D eigenvalue weighted by Crippen LogP contribution is 2.24. The Morgan fingerprint density at radius 3 is 2.78 bits per heavy atom. The summed E-state index contributed by atoms with van der Waals surface area (Å²) < 4.78 is 0.650. The van der Waals surface area contributed by atoms with Gasteiger partial charge in [-0.15, -0.1) is 10.2 Å². The fraction of sp³-hybridized carbons (Fsp3) is 0.700. The molecule has 0 saturated heterocycles. The van der Waals surface area contributed by atoms with E-state index in [4.69, 9.17) is 0 Å². The lowest BCUT2D eigenvalue weighted by atomic mass is 10.5. The third-order valence-electron chi connectivity index (χ3n) is 2.47. The van der Waals surface area contributed by atoms with Gasteiger partial charge in [0, 0.05) is 5.75 Å². The van der Waals surface area contributed by atoms with Crippen LogP contribution in [0.4, 0.5) is 5.13 Å². The van der Waals surface area contributed by atoms with Gasteiger partial charge >= 0.3 is 0 Å². The normalized spacial score (nSPS) is 10.8. The van der Waals surface area contributed by atoms with Gasteiger partial charge in [-0.2, -0.15) is 0 Å². The lowest BCUT2D eigenvalue weighted by molar-refractivity contribution is -0.894. The van der Waals surface area contributed by atoms with E-state index in [1.807, 2.05) is 0 Å².